The molecule has 0 saturated heterocycles. The number of aryl methyl sites for hydroxylation is 3. The largest absolute Gasteiger partial charge is 0.468 e. The molecule has 4 rings (SSSR count). The molecule has 0 amide bonds. The Bertz CT molecular complexity index is 1400. The van der Waals surface area contributed by atoms with Crippen LogP contribution >= 0.6 is 23.2 Å². The first-order valence-corrected chi connectivity index (χ1v) is 10.8. The summed E-state index contributed by atoms with van der Waals surface area (Å²) >= 11 is 12.1. The van der Waals surface area contributed by atoms with Crippen LogP contribution in [0.1, 0.15) is 16.7 Å². The first kappa shape index (κ1) is 22.8. The van der Waals surface area contributed by atoms with Gasteiger partial charge in [0.05, 0.1) is 18.8 Å². The highest BCUT2D eigenvalue weighted by atomic mass is 35.5. The molecule has 2 heterocycles. The lowest BCUT2D eigenvalue weighted by atomic mass is 10.0. The predicted octanol–water partition coefficient (Wildman–Crippen LogP) is 4.70. The number of ether oxygens (including phenoxy) is 1. The van der Waals surface area contributed by atoms with E-state index in [4.69, 9.17) is 32.4 Å². The minimum Gasteiger partial charge on any atom is -0.468 e. The van der Waals surface area contributed by atoms with E-state index in [1.54, 1.807) is 6.07 Å². The molecule has 2 aromatic carbocycles. The van der Waals surface area contributed by atoms with E-state index in [0.29, 0.717) is 29.0 Å². The summed E-state index contributed by atoms with van der Waals surface area (Å²) in [6.45, 7) is 1.76. The molecule has 0 radical (unpaired) electrons. The van der Waals surface area contributed by atoms with E-state index in [0.717, 1.165) is 17.5 Å². The summed E-state index contributed by atoms with van der Waals surface area (Å²) in [5, 5.41) is 3.43. The second-order valence-corrected chi connectivity index (χ2v) is 8.21. The van der Waals surface area contributed by atoms with Crippen molar-refractivity contribution in [1.82, 2.24) is 14.5 Å². The standard InChI is InChI=1S/C23H20Cl2N4O4/c1-13-4-3-5-14(8-13)6-7-15-9-16(27-21-17(24)11-26-22(25)28-21)10-18-20(15)33-23(31)29(18)12-19(30)32-2/h3-5,8-11H,6-7,12H2,1-2H3,(H,26,27,28). The van der Waals surface area contributed by atoms with Crippen LogP contribution in [0.15, 0.2) is 51.8 Å². The van der Waals surface area contributed by atoms with Crippen LogP contribution in [-0.2, 0) is 28.9 Å². The van der Waals surface area contributed by atoms with Gasteiger partial charge in [-0.2, -0.15) is 4.98 Å². The van der Waals surface area contributed by atoms with Crippen LogP contribution in [-0.4, -0.2) is 27.6 Å². The first-order chi connectivity index (χ1) is 15.8. The lowest BCUT2D eigenvalue weighted by Crippen LogP contribution is -2.20. The quantitative estimate of drug-likeness (QED) is 0.298. The van der Waals surface area contributed by atoms with Crippen molar-refractivity contribution in [1.29, 1.82) is 0 Å². The Morgan fingerprint density at radius 2 is 2.03 bits per heavy atom. The molecule has 0 unspecified atom stereocenters. The molecule has 1 N–H and O–H groups in total. The summed E-state index contributed by atoms with van der Waals surface area (Å²) in [5.74, 6) is -0.899. The van der Waals surface area contributed by atoms with E-state index in [-0.39, 0.29) is 16.9 Å². The van der Waals surface area contributed by atoms with Gasteiger partial charge in [-0.3, -0.25) is 9.36 Å². The zero-order valence-electron chi connectivity index (χ0n) is 17.9. The van der Waals surface area contributed by atoms with Crippen LogP contribution in [0.3, 0.4) is 0 Å². The van der Waals surface area contributed by atoms with Gasteiger partial charge in [0.1, 0.15) is 11.6 Å². The van der Waals surface area contributed by atoms with Gasteiger partial charge < -0.3 is 14.5 Å². The number of hydrogen-bond acceptors (Lipinski definition) is 7. The van der Waals surface area contributed by atoms with E-state index in [2.05, 4.69) is 21.4 Å². The predicted molar refractivity (Wildman–Crippen MR) is 126 cm³/mol. The minimum absolute atomic E-state index is 0.0357. The Morgan fingerprint density at radius 3 is 2.79 bits per heavy atom. The molecular weight excluding hydrogens is 467 g/mol. The van der Waals surface area contributed by atoms with Gasteiger partial charge in [0, 0.05) is 5.69 Å². The summed E-state index contributed by atoms with van der Waals surface area (Å²) in [5.41, 5.74) is 4.56. The second kappa shape index (κ2) is 9.64. The highest BCUT2D eigenvalue weighted by Gasteiger charge is 2.18. The van der Waals surface area contributed by atoms with E-state index in [1.807, 2.05) is 31.2 Å². The van der Waals surface area contributed by atoms with Gasteiger partial charge in [-0.05, 0) is 54.6 Å². The molecule has 170 valence electrons. The number of carbonyl (C=O) groups is 1. The molecule has 2 aromatic heterocycles. The maximum absolute atomic E-state index is 12.5. The monoisotopic (exact) mass is 486 g/mol. The smallest absolute Gasteiger partial charge is 0.420 e. The van der Waals surface area contributed by atoms with Crippen molar-refractivity contribution in [3.8, 4) is 0 Å². The summed E-state index contributed by atoms with van der Waals surface area (Å²) in [4.78, 5) is 32.4. The molecule has 33 heavy (non-hydrogen) atoms. The Morgan fingerprint density at radius 1 is 1.21 bits per heavy atom. The number of benzene rings is 2. The molecule has 0 aliphatic heterocycles. The zero-order valence-corrected chi connectivity index (χ0v) is 19.4. The molecule has 0 spiro atoms. The van der Waals surface area contributed by atoms with Crippen LogP contribution in [0.25, 0.3) is 11.1 Å². The molecule has 0 aliphatic carbocycles. The van der Waals surface area contributed by atoms with Crippen molar-refractivity contribution in [3.63, 3.8) is 0 Å². The molecule has 0 atom stereocenters. The van der Waals surface area contributed by atoms with Crippen LogP contribution < -0.4 is 11.1 Å². The third-order valence-corrected chi connectivity index (χ3v) is 5.56. The van der Waals surface area contributed by atoms with Gasteiger partial charge in [0.15, 0.2) is 11.4 Å². The Kier molecular flexibility index (Phi) is 6.67. The molecular formula is C23H20Cl2N4O4. The van der Waals surface area contributed by atoms with E-state index in [1.165, 1.54) is 23.4 Å². The van der Waals surface area contributed by atoms with Gasteiger partial charge in [0.2, 0.25) is 5.28 Å². The number of carbonyl (C=O) groups excluding carboxylic acids is 1. The Labute approximate surface area is 199 Å². The van der Waals surface area contributed by atoms with Crippen LogP contribution in [0, 0.1) is 6.92 Å². The second-order valence-electron chi connectivity index (χ2n) is 7.46. The highest BCUT2D eigenvalue weighted by molar-refractivity contribution is 6.33. The number of halogens is 2. The molecule has 10 heteroatoms. The topological polar surface area (TPSA) is 99.2 Å². The molecule has 0 fully saturated rings. The van der Waals surface area contributed by atoms with Gasteiger partial charge >= 0.3 is 11.7 Å². The maximum atomic E-state index is 12.5. The highest BCUT2D eigenvalue weighted by Crippen LogP contribution is 2.29. The lowest BCUT2D eigenvalue weighted by Gasteiger charge is -2.11. The number of nitrogens with zero attached hydrogens (tertiary/aromatic N) is 3. The van der Waals surface area contributed by atoms with E-state index < -0.39 is 11.7 Å². The SMILES string of the molecule is COC(=O)Cn1c(=O)oc2c(CCc3cccc(C)c3)cc(Nc3nc(Cl)ncc3Cl)cc21. The minimum atomic E-state index is -0.646. The molecule has 4 aromatic rings. The fourth-order valence-corrected chi connectivity index (χ4v) is 3.82. The summed E-state index contributed by atoms with van der Waals surface area (Å²) in [7, 11) is 1.26. The van der Waals surface area contributed by atoms with Gasteiger partial charge in [-0.25, -0.2) is 9.78 Å². The number of hydrogen-bond donors (Lipinski definition) is 1. The average Bonchev–Trinajstić information content (AvgIpc) is 3.10. The number of esters is 1. The van der Waals surface area contributed by atoms with Crippen molar-refractivity contribution in [2.75, 3.05) is 12.4 Å². The molecule has 0 bridgehead atoms. The average molecular weight is 487 g/mol. The number of aromatic nitrogens is 3. The third-order valence-electron chi connectivity index (χ3n) is 5.10. The Hall–Kier alpha value is -3.36. The fraction of sp³-hybridized carbons (Fsp3) is 0.217. The van der Waals surface area contributed by atoms with Gasteiger partial charge in [-0.1, -0.05) is 41.4 Å². The third kappa shape index (κ3) is 5.18. The van der Waals surface area contributed by atoms with Crippen LogP contribution in [0.4, 0.5) is 11.5 Å². The fourth-order valence-electron chi connectivity index (χ4n) is 3.55. The van der Waals surface area contributed by atoms with Gasteiger partial charge in [-0.15, -0.1) is 0 Å². The molecule has 0 aliphatic rings. The normalized spacial score (nSPS) is 11.0. The van der Waals surface area contributed by atoms with E-state index >= 15 is 0 Å². The summed E-state index contributed by atoms with van der Waals surface area (Å²) in [6.07, 6.45) is 2.71. The number of nitrogens with one attached hydrogen (secondary N) is 1. The van der Waals surface area contributed by atoms with Gasteiger partial charge in [0.25, 0.3) is 0 Å². The van der Waals surface area contributed by atoms with Crippen molar-refractivity contribution in [2.45, 2.75) is 26.3 Å². The van der Waals surface area contributed by atoms with Crippen molar-refractivity contribution >= 4 is 51.8 Å². The van der Waals surface area contributed by atoms with Crippen molar-refractivity contribution in [3.05, 3.63) is 80.1 Å². The number of anilines is 2. The van der Waals surface area contributed by atoms with E-state index in [9.17, 15) is 9.59 Å². The molecule has 8 nitrogen and oxygen atoms in total. The molecule has 0 saturated carbocycles. The lowest BCUT2D eigenvalue weighted by molar-refractivity contribution is -0.141. The zero-order chi connectivity index (χ0) is 23.5. The summed E-state index contributed by atoms with van der Waals surface area (Å²) < 4.78 is 11.5. The number of fused-ring (bicyclic) bond motifs is 1. The van der Waals surface area contributed by atoms with Crippen molar-refractivity contribution in [2.24, 2.45) is 0 Å². The number of methoxy groups -OCH3 is 1. The summed E-state index contributed by atoms with van der Waals surface area (Å²) in [6, 6.07) is 11.7. The van der Waals surface area contributed by atoms with Crippen LogP contribution in [0.5, 0.6) is 0 Å². The number of oxazole rings is 1. The number of rotatable bonds is 7. The maximum Gasteiger partial charge on any atom is 0.420 e. The Balaban J connectivity index is 1.78. The van der Waals surface area contributed by atoms with Crippen LogP contribution in [0.2, 0.25) is 10.3 Å². The first-order valence-electron chi connectivity index (χ1n) is 10.1. The van der Waals surface area contributed by atoms with Crippen molar-refractivity contribution < 1.29 is 13.9 Å².